The van der Waals surface area contributed by atoms with Gasteiger partial charge < -0.3 is 10.2 Å². The van der Waals surface area contributed by atoms with Crippen molar-refractivity contribution in [2.24, 2.45) is 0 Å². The number of quaternary nitrogens is 1. The number of fused-ring (bicyclic) bond motifs is 1. The Hall–Kier alpha value is -1.46. The molecule has 0 radical (unpaired) electrons. The van der Waals surface area contributed by atoms with Gasteiger partial charge in [-0.25, -0.2) is 4.98 Å². The van der Waals surface area contributed by atoms with Crippen molar-refractivity contribution in [2.75, 3.05) is 13.1 Å². The molecule has 1 aromatic carbocycles. The first kappa shape index (κ1) is 17.0. The van der Waals surface area contributed by atoms with Gasteiger partial charge in [0.05, 0.1) is 16.8 Å². The summed E-state index contributed by atoms with van der Waals surface area (Å²) in [6.07, 6.45) is 9.76. The molecule has 2 fully saturated rings. The Balaban J connectivity index is 1.44. The number of carbonyl (C=O) groups excluding carboxylic acids is 1. The summed E-state index contributed by atoms with van der Waals surface area (Å²) in [4.78, 5) is 18.9. The second-order valence-electron chi connectivity index (χ2n) is 7.56. The number of nitrogens with one attached hydrogen (secondary N) is 2. The van der Waals surface area contributed by atoms with Crippen molar-refractivity contribution in [3.63, 3.8) is 0 Å². The molecule has 4 nitrogen and oxygen atoms in total. The SMILES string of the molecule is O=C(C[NH+]1CCCC[C@H]1c1nc2ccccc2s1)NC1CCCCC1. The zero-order valence-corrected chi connectivity index (χ0v) is 15.6. The van der Waals surface area contributed by atoms with Crippen molar-refractivity contribution in [1.29, 1.82) is 0 Å². The van der Waals surface area contributed by atoms with Crippen LogP contribution in [0.3, 0.4) is 0 Å². The van der Waals surface area contributed by atoms with Gasteiger partial charge in [-0.2, -0.15) is 0 Å². The zero-order valence-electron chi connectivity index (χ0n) is 14.8. The van der Waals surface area contributed by atoms with Crippen LogP contribution in [0, 0.1) is 0 Å². The Morgan fingerprint density at radius 2 is 1.92 bits per heavy atom. The number of hydrogen-bond donors (Lipinski definition) is 2. The Labute approximate surface area is 153 Å². The number of carbonyl (C=O) groups is 1. The number of para-hydroxylation sites is 1. The molecule has 134 valence electrons. The fourth-order valence-corrected chi connectivity index (χ4v) is 5.52. The number of likely N-dealkylation sites (tertiary alicyclic amines) is 1. The molecule has 25 heavy (non-hydrogen) atoms. The highest BCUT2D eigenvalue weighted by Crippen LogP contribution is 2.28. The lowest BCUT2D eigenvalue weighted by Gasteiger charge is -2.31. The fraction of sp³-hybridized carbons (Fsp3) is 0.600. The van der Waals surface area contributed by atoms with Gasteiger partial charge in [0.25, 0.3) is 5.91 Å². The minimum atomic E-state index is 0.231. The van der Waals surface area contributed by atoms with E-state index < -0.39 is 0 Å². The predicted octanol–water partition coefficient (Wildman–Crippen LogP) is 2.86. The number of nitrogens with zero attached hydrogens (tertiary/aromatic N) is 1. The smallest absolute Gasteiger partial charge is 0.275 e. The number of rotatable bonds is 4. The third-order valence-corrected chi connectivity index (χ3v) is 6.85. The third-order valence-electron chi connectivity index (χ3n) is 5.70. The van der Waals surface area contributed by atoms with Gasteiger partial charge >= 0.3 is 0 Å². The van der Waals surface area contributed by atoms with E-state index in [9.17, 15) is 4.79 Å². The van der Waals surface area contributed by atoms with Gasteiger partial charge in [0.1, 0.15) is 6.04 Å². The van der Waals surface area contributed by atoms with E-state index in [4.69, 9.17) is 4.98 Å². The Bertz CT molecular complexity index is 690. The van der Waals surface area contributed by atoms with Gasteiger partial charge in [-0.1, -0.05) is 31.4 Å². The van der Waals surface area contributed by atoms with E-state index >= 15 is 0 Å². The molecule has 2 N–H and O–H groups in total. The lowest BCUT2D eigenvalue weighted by Crippen LogP contribution is -3.14. The summed E-state index contributed by atoms with van der Waals surface area (Å²) in [5.41, 5.74) is 1.10. The Morgan fingerprint density at radius 3 is 2.76 bits per heavy atom. The van der Waals surface area contributed by atoms with Crippen molar-refractivity contribution in [1.82, 2.24) is 10.3 Å². The summed E-state index contributed by atoms with van der Waals surface area (Å²) >= 11 is 1.81. The summed E-state index contributed by atoms with van der Waals surface area (Å²) in [6.45, 7) is 1.68. The molecule has 1 unspecified atom stereocenters. The van der Waals surface area contributed by atoms with Crippen molar-refractivity contribution in [3.8, 4) is 0 Å². The molecule has 5 heteroatoms. The second-order valence-corrected chi connectivity index (χ2v) is 8.62. The molecule has 1 saturated heterocycles. The molecule has 2 aromatic rings. The molecule has 1 aromatic heterocycles. The summed E-state index contributed by atoms with van der Waals surface area (Å²) in [5, 5.41) is 4.50. The maximum Gasteiger partial charge on any atom is 0.275 e. The van der Waals surface area contributed by atoms with Gasteiger partial charge in [0.2, 0.25) is 0 Å². The molecule has 4 rings (SSSR count). The lowest BCUT2D eigenvalue weighted by atomic mass is 9.95. The number of hydrogen-bond acceptors (Lipinski definition) is 3. The number of amides is 1. The predicted molar refractivity (Wildman–Crippen MR) is 102 cm³/mol. The Morgan fingerprint density at radius 1 is 1.12 bits per heavy atom. The number of thiazole rings is 1. The molecular weight excluding hydrogens is 330 g/mol. The van der Waals surface area contributed by atoms with Crippen molar-refractivity contribution < 1.29 is 9.69 Å². The van der Waals surface area contributed by atoms with Gasteiger partial charge in [-0.05, 0) is 37.8 Å². The monoisotopic (exact) mass is 358 g/mol. The van der Waals surface area contributed by atoms with Gasteiger partial charge in [0.15, 0.2) is 11.6 Å². The summed E-state index contributed by atoms with van der Waals surface area (Å²) < 4.78 is 1.26. The molecule has 0 bridgehead atoms. The van der Waals surface area contributed by atoms with E-state index in [1.54, 1.807) is 11.3 Å². The van der Waals surface area contributed by atoms with Crippen LogP contribution in [0.25, 0.3) is 10.2 Å². The van der Waals surface area contributed by atoms with Gasteiger partial charge in [0, 0.05) is 12.5 Å². The number of piperidine rings is 1. The van der Waals surface area contributed by atoms with Crippen molar-refractivity contribution >= 4 is 27.5 Å². The molecule has 1 saturated carbocycles. The quantitative estimate of drug-likeness (QED) is 0.883. The van der Waals surface area contributed by atoms with E-state index in [0.717, 1.165) is 31.3 Å². The summed E-state index contributed by atoms with van der Waals surface area (Å²) in [5.74, 6) is 0.231. The number of benzene rings is 1. The van der Waals surface area contributed by atoms with Crippen LogP contribution in [0.15, 0.2) is 24.3 Å². The molecule has 1 aliphatic carbocycles. The molecule has 2 heterocycles. The molecule has 1 aliphatic heterocycles. The normalized spacial score (nSPS) is 25.1. The average molecular weight is 359 g/mol. The first-order valence-electron chi connectivity index (χ1n) is 9.79. The van der Waals surface area contributed by atoms with Crippen LogP contribution in [-0.2, 0) is 4.79 Å². The topological polar surface area (TPSA) is 46.4 Å². The van der Waals surface area contributed by atoms with E-state index in [1.807, 2.05) is 0 Å². The van der Waals surface area contributed by atoms with Gasteiger partial charge in [-0.15, -0.1) is 11.3 Å². The van der Waals surface area contributed by atoms with E-state index in [0.29, 0.717) is 18.6 Å². The summed E-state index contributed by atoms with van der Waals surface area (Å²) in [6, 6.07) is 9.15. The van der Waals surface area contributed by atoms with E-state index in [2.05, 4.69) is 29.6 Å². The minimum absolute atomic E-state index is 0.231. The maximum absolute atomic E-state index is 12.6. The molecular formula is C20H28N3OS+. The highest BCUT2D eigenvalue weighted by molar-refractivity contribution is 7.18. The van der Waals surface area contributed by atoms with Crippen molar-refractivity contribution in [3.05, 3.63) is 29.3 Å². The fourth-order valence-electron chi connectivity index (χ4n) is 4.36. The summed E-state index contributed by atoms with van der Waals surface area (Å²) in [7, 11) is 0. The van der Waals surface area contributed by atoms with Crippen LogP contribution in [0.1, 0.15) is 62.4 Å². The molecule has 2 aliphatic rings. The van der Waals surface area contributed by atoms with Gasteiger partial charge in [-0.3, -0.25) is 4.79 Å². The van der Waals surface area contributed by atoms with Crippen LogP contribution in [0.2, 0.25) is 0 Å². The largest absolute Gasteiger partial charge is 0.348 e. The molecule has 1 amide bonds. The third kappa shape index (κ3) is 4.04. The average Bonchev–Trinajstić information content (AvgIpc) is 3.07. The second kappa shape index (κ2) is 7.83. The minimum Gasteiger partial charge on any atom is -0.348 e. The highest BCUT2D eigenvalue weighted by atomic mass is 32.1. The Kier molecular flexibility index (Phi) is 5.32. The van der Waals surface area contributed by atoms with Crippen LogP contribution in [0.4, 0.5) is 0 Å². The molecule has 2 atom stereocenters. The standard InChI is InChI=1S/C20H27N3OS/c24-19(21-15-8-2-1-3-9-15)14-23-13-7-6-11-17(23)20-22-16-10-4-5-12-18(16)25-20/h4-5,10,12,15,17H,1-3,6-9,11,13-14H2,(H,21,24)/p+1/t17-/m0/s1. The van der Waals surface area contributed by atoms with Crippen LogP contribution >= 0.6 is 11.3 Å². The van der Waals surface area contributed by atoms with Crippen molar-refractivity contribution in [2.45, 2.75) is 63.5 Å². The zero-order chi connectivity index (χ0) is 17.1. The molecule has 0 spiro atoms. The van der Waals surface area contributed by atoms with Crippen LogP contribution < -0.4 is 10.2 Å². The van der Waals surface area contributed by atoms with Crippen LogP contribution in [-0.4, -0.2) is 30.0 Å². The van der Waals surface area contributed by atoms with E-state index in [1.165, 1.54) is 46.7 Å². The highest BCUT2D eigenvalue weighted by Gasteiger charge is 2.32. The maximum atomic E-state index is 12.6. The van der Waals surface area contributed by atoms with E-state index in [-0.39, 0.29) is 5.91 Å². The lowest BCUT2D eigenvalue weighted by molar-refractivity contribution is -0.929. The van der Waals surface area contributed by atoms with Crippen LogP contribution in [0.5, 0.6) is 0 Å². The first-order valence-corrected chi connectivity index (χ1v) is 10.6. The first-order chi connectivity index (χ1) is 12.3. The number of aromatic nitrogens is 1.